The molecule has 0 aliphatic carbocycles. The third kappa shape index (κ3) is 4.77. The molecule has 5 heterocycles. The first-order valence-electron chi connectivity index (χ1n) is 17.6. The SMILES string of the molecule is c1ccc(-c2ccc3ccc4ccc(-c5ccnc(-c6cccc(-c7nc8ccccc8c8c7ccc7c9ccccc9oc78)c6)n5)nc4c3n2)cc1. The maximum atomic E-state index is 6.53. The predicted octanol–water partition coefficient (Wildman–Crippen LogP) is 11.8. The number of pyridine rings is 3. The lowest BCUT2D eigenvalue weighted by Crippen LogP contribution is -1.95. The molecule has 0 atom stereocenters. The van der Waals surface area contributed by atoms with Gasteiger partial charge < -0.3 is 4.42 Å². The zero-order valence-electron chi connectivity index (χ0n) is 28.2. The highest BCUT2D eigenvalue weighted by Gasteiger charge is 2.18. The van der Waals surface area contributed by atoms with Crippen LogP contribution in [0.1, 0.15) is 0 Å². The highest BCUT2D eigenvalue weighted by Crippen LogP contribution is 2.41. The van der Waals surface area contributed by atoms with Gasteiger partial charge in [-0.05, 0) is 42.5 Å². The fourth-order valence-electron chi connectivity index (χ4n) is 7.56. The first-order valence-corrected chi connectivity index (χ1v) is 17.6. The highest BCUT2D eigenvalue weighted by molar-refractivity contribution is 6.24. The number of hydrogen-bond donors (Lipinski definition) is 0. The van der Waals surface area contributed by atoms with E-state index in [1.54, 1.807) is 6.20 Å². The van der Waals surface area contributed by atoms with E-state index in [1.807, 2.05) is 60.7 Å². The summed E-state index contributed by atoms with van der Waals surface area (Å²) < 4.78 is 6.53. The molecule has 0 amide bonds. The molecule has 0 fully saturated rings. The van der Waals surface area contributed by atoms with Crippen molar-refractivity contribution in [2.45, 2.75) is 0 Å². The summed E-state index contributed by atoms with van der Waals surface area (Å²) in [6.45, 7) is 0. The van der Waals surface area contributed by atoms with Crippen LogP contribution in [0.3, 0.4) is 0 Å². The summed E-state index contributed by atoms with van der Waals surface area (Å²) >= 11 is 0. The van der Waals surface area contributed by atoms with Crippen molar-refractivity contribution in [2.75, 3.05) is 0 Å². The maximum absolute atomic E-state index is 6.53. The number of furan rings is 1. The van der Waals surface area contributed by atoms with Crippen molar-refractivity contribution in [1.82, 2.24) is 24.9 Å². The monoisotopic (exact) mass is 677 g/mol. The van der Waals surface area contributed by atoms with Gasteiger partial charge in [0.05, 0.1) is 39.3 Å². The summed E-state index contributed by atoms with van der Waals surface area (Å²) in [6.07, 6.45) is 1.80. The van der Waals surface area contributed by atoms with Gasteiger partial charge in [0.1, 0.15) is 11.2 Å². The first-order chi connectivity index (χ1) is 26.2. The molecule has 6 heteroatoms. The lowest BCUT2D eigenvalue weighted by Gasteiger charge is -2.12. The molecule has 0 aliphatic heterocycles. The standard InChI is InChI=1S/C47H27N5O/c1-2-9-28(10-3-1)37-23-19-29-17-18-30-20-24-39(51-45(30)44(29)49-37)40-25-26-48-47(52-40)32-12-8-11-31(27-32)43-36-22-21-34-33-13-5-7-16-41(33)53-46(34)42(36)35-14-4-6-15-38(35)50-43/h1-27H. The Morgan fingerprint density at radius 1 is 0.415 bits per heavy atom. The molecule has 11 rings (SSSR count). The fraction of sp³-hybridized carbons (Fsp3) is 0. The van der Waals surface area contributed by atoms with Crippen molar-refractivity contribution in [3.8, 4) is 45.3 Å². The number of para-hydroxylation sites is 2. The van der Waals surface area contributed by atoms with Crippen molar-refractivity contribution < 1.29 is 4.42 Å². The van der Waals surface area contributed by atoms with Crippen LogP contribution in [0.25, 0.3) is 111 Å². The normalized spacial score (nSPS) is 11.8. The highest BCUT2D eigenvalue weighted by atomic mass is 16.3. The van der Waals surface area contributed by atoms with Crippen molar-refractivity contribution in [3.05, 3.63) is 164 Å². The Morgan fingerprint density at radius 3 is 1.94 bits per heavy atom. The van der Waals surface area contributed by atoms with E-state index in [4.69, 9.17) is 29.3 Å². The lowest BCUT2D eigenvalue weighted by atomic mass is 9.97. The minimum atomic E-state index is 0.610. The topological polar surface area (TPSA) is 77.6 Å². The van der Waals surface area contributed by atoms with E-state index < -0.39 is 0 Å². The molecule has 0 saturated carbocycles. The Hall–Kier alpha value is -7.31. The van der Waals surface area contributed by atoms with Gasteiger partial charge in [-0.3, -0.25) is 0 Å². The van der Waals surface area contributed by atoms with Gasteiger partial charge in [-0.15, -0.1) is 0 Å². The Balaban J connectivity index is 1.03. The smallest absolute Gasteiger partial charge is 0.159 e. The van der Waals surface area contributed by atoms with Gasteiger partial charge >= 0.3 is 0 Å². The molecule has 53 heavy (non-hydrogen) atoms. The van der Waals surface area contributed by atoms with Crippen molar-refractivity contribution >= 4 is 65.4 Å². The van der Waals surface area contributed by atoms with E-state index in [1.165, 1.54) is 0 Å². The molecule has 0 spiro atoms. The van der Waals surface area contributed by atoms with E-state index in [0.717, 1.165) is 105 Å². The van der Waals surface area contributed by atoms with Gasteiger partial charge in [-0.1, -0.05) is 115 Å². The van der Waals surface area contributed by atoms with Gasteiger partial charge in [-0.25, -0.2) is 24.9 Å². The Bertz CT molecular complexity index is 3240. The van der Waals surface area contributed by atoms with Crippen molar-refractivity contribution in [1.29, 1.82) is 0 Å². The van der Waals surface area contributed by atoms with E-state index in [-0.39, 0.29) is 0 Å². The number of rotatable bonds is 4. The summed E-state index contributed by atoms with van der Waals surface area (Å²) in [5.74, 6) is 0.610. The Morgan fingerprint density at radius 2 is 1.08 bits per heavy atom. The molecule has 6 nitrogen and oxygen atoms in total. The maximum Gasteiger partial charge on any atom is 0.159 e. The third-order valence-corrected chi connectivity index (χ3v) is 10.1. The average molecular weight is 678 g/mol. The fourth-order valence-corrected chi connectivity index (χ4v) is 7.56. The summed E-state index contributed by atoms with van der Waals surface area (Å²) in [7, 11) is 0. The van der Waals surface area contributed by atoms with E-state index in [9.17, 15) is 0 Å². The molecular weight excluding hydrogens is 651 g/mol. The van der Waals surface area contributed by atoms with E-state index in [0.29, 0.717) is 5.82 Å². The van der Waals surface area contributed by atoms with Gasteiger partial charge in [0.15, 0.2) is 5.82 Å². The van der Waals surface area contributed by atoms with Crippen LogP contribution < -0.4 is 0 Å². The molecular formula is C47H27N5O. The van der Waals surface area contributed by atoms with Crippen LogP contribution in [0.5, 0.6) is 0 Å². The summed E-state index contributed by atoms with van der Waals surface area (Å²) in [5, 5.41) is 7.41. The minimum absolute atomic E-state index is 0.610. The van der Waals surface area contributed by atoms with Crippen LogP contribution in [0.15, 0.2) is 168 Å². The quantitative estimate of drug-likeness (QED) is 0.173. The van der Waals surface area contributed by atoms with Gasteiger partial charge in [0.25, 0.3) is 0 Å². The molecule has 0 aliphatic rings. The van der Waals surface area contributed by atoms with Gasteiger partial charge in [0.2, 0.25) is 0 Å². The van der Waals surface area contributed by atoms with Crippen LogP contribution in [0, 0.1) is 0 Å². The summed E-state index contributed by atoms with van der Waals surface area (Å²) in [5.41, 5.74) is 10.6. The number of benzene rings is 6. The number of hydrogen-bond acceptors (Lipinski definition) is 6. The minimum Gasteiger partial charge on any atom is -0.455 e. The molecule has 0 N–H and O–H groups in total. The second kappa shape index (κ2) is 11.6. The molecule has 0 radical (unpaired) electrons. The van der Waals surface area contributed by atoms with Crippen LogP contribution in [0.2, 0.25) is 0 Å². The van der Waals surface area contributed by atoms with Gasteiger partial charge in [0, 0.05) is 60.6 Å². The lowest BCUT2D eigenvalue weighted by molar-refractivity contribution is 0.673. The Kier molecular flexibility index (Phi) is 6.45. The Labute approximate surface area is 303 Å². The molecule has 0 bridgehead atoms. The number of aromatic nitrogens is 5. The average Bonchev–Trinajstić information content (AvgIpc) is 3.62. The number of fused-ring (bicyclic) bond motifs is 10. The summed E-state index contributed by atoms with van der Waals surface area (Å²) in [4.78, 5) is 25.2. The van der Waals surface area contributed by atoms with E-state index >= 15 is 0 Å². The van der Waals surface area contributed by atoms with Crippen molar-refractivity contribution in [2.24, 2.45) is 0 Å². The zero-order valence-corrected chi connectivity index (χ0v) is 28.2. The molecule has 0 saturated heterocycles. The van der Waals surface area contributed by atoms with Crippen LogP contribution in [-0.2, 0) is 0 Å². The van der Waals surface area contributed by atoms with Crippen molar-refractivity contribution in [3.63, 3.8) is 0 Å². The van der Waals surface area contributed by atoms with Crippen LogP contribution in [-0.4, -0.2) is 24.9 Å². The van der Waals surface area contributed by atoms with Crippen LogP contribution in [0.4, 0.5) is 0 Å². The predicted molar refractivity (Wildman–Crippen MR) is 214 cm³/mol. The molecule has 5 aromatic heterocycles. The van der Waals surface area contributed by atoms with Gasteiger partial charge in [-0.2, -0.15) is 0 Å². The molecule has 11 aromatic rings. The number of nitrogens with zero attached hydrogens (tertiary/aromatic N) is 5. The largest absolute Gasteiger partial charge is 0.455 e. The second-order valence-electron chi connectivity index (χ2n) is 13.3. The second-order valence-corrected chi connectivity index (χ2v) is 13.3. The molecule has 0 unspecified atom stereocenters. The summed E-state index contributed by atoms with van der Waals surface area (Å²) in [6, 6.07) is 53.7. The van der Waals surface area contributed by atoms with E-state index in [2.05, 4.69) is 97.1 Å². The van der Waals surface area contributed by atoms with Crippen LogP contribution >= 0.6 is 0 Å². The first kappa shape index (κ1) is 29.4. The third-order valence-electron chi connectivity index (χ3n) is 10.1. The molecule has 246 valence electrons. The molecule has 6 aromatic carbocycles. The zero-order chi connectivity index (χ0) is 34.9.